The number of urea groups is 1. The zero-order valence-electron chi connectivity index (χ0n) is 11.3. The highest BCUT2D eigenvalue weighted by Gasteiger charge is 2.67. The summed E-state index contributed by atoms with van der Waals surface area (Å²) in [5.41, 5.74) is -3.71. The number of carbonyl (C=O) groups is 2. The van der Waals surface area contributed by atoms with E-state index in [4.69, 9.17) is 0 Å². The first-order valence-electron chi connectivity index (χ1n) is 6.28. The van der Waals surface area contributed by atoms with Crippen LogP contribution in [0.3, 0.4) is 0 Å². The molecule has 0 aliphatic carbocycles. The fourth-order valence-electron chi connectivity index (χ4n) is 2.24. The first-order chi connectivity index (χ1) is 10.2. The summed E-state index contributed by atoms with van der Waals surface area (Å²) in [7, 11) is 0. The van der Waals surface area contributed by atoms with Crippen LogP contribution < -0.4 is 10.6 Å². The molecule has 1 aliphatic rings. The Hall–Kier alpha value is -1.81. The molecule has 0 radical (unpaired) electrons. The van der Waals surface area contributed by atoms with Crippen LogP contribution in [0.1, 0.15) is 17.8 Å². The zero-order chi connectivity index (χ0) is 16.5. The number of hydrogen-bond acceptors (Lipinski definition) is 5. The van der Waals surface area contributed by atoms with Gasteiger partial charge in [-0.25, -0.2) is 4.79 Å². The Labute approximate surface area is 127 Å². The van der Waals surface area contributed by atoms with E-state index >= 15 is 0 Å². The Morgan fingerprint density at radius 3 is 2.73 bits per heavy atom. The van der Waals surface area contributed by atoms with Crippen molar-refractivity contribution in [2.24, 2.45) is 5.92 Å². The topological polar surface area (TPSA) is 87.7 Å². The molecule has 0 saturated carbocycles. The molecule has 122 valence electrons. The molecule has 0 aromatic carbocycles. The van der Waals surface area contributed by atoms with Gasteiger partial charge in [-0.2, -0.15) is 13.2 Å². The number of thiophene rings is 1. The summed E-state index contributed by atoms with van der Waals surface area (Å²) in [4.78, 5) is 23.8. The number of carbonyl (C=O) groups excluding carboxylic acids is 2. The van der Waals surface area contributed by atoms with Crippen LogP contribution >= 0.6 is 11.3 Å². The minimum absolute atomic E-state index is 0.158. The molecular weight excluding hydrogens is 325 g/mol. The van der Waals surface area contributed by atoms with Gasteiger partial charge in [-0.05, 0) is 18.4 Å². The molecule has 3 atom stereocenters. The van der Waals surface area contributed by atoms with Crippen molar-refractivity contribution in [3.8, 4) is 0 Å². The molecule has 0 bridgehead atoms. The lowest BCUT2D eigenvalue weighted by molar-refractivity contribution is -0.294. The van der Waals surface area contributed by atoms with Crippen LogP contribution in [0.5, 0.6) is 0 Å². The number of ether oxygens (including phenoxy) is 1. The highest BCUT2D eigenvalue weighted by molar-refractivity contribution is 7.10. The fraction of sp³-hybridized carbons (Fsp3) is 0.500. The second-order valence-electron chi connectivity index (χ2n) is 4.59. The van der Waals surface area contributed by atoms with Gasteiger partial charge in [0.25, 0.3) is 5.72 Å². The number of nitrogens with one attached hydrogen (secondary N) is 2. The monoisotopic (exact) mass is 338 g/mol. The summed E-state index contributed by atoms with van der Waals surface area (Å²) in [6, 6.07) is 0.450. The largest absolute Gasteiger partial charge is 0.466 e. The Balaban J connectivity index is 2.51. The van der Waals surface area contributed by atoms with E-state index in [0.29, 0.717) is 4.88 Å². The van der Waals surface area contributed by atoms with Crippen molar-refractivity contribution in [2.75, 3.05) is 6.61 Å². The molecule has 0 unspecified atom stereocenters. The third-order valence-corrected chi connectivity index (χ3v) is 4.15. The number of hydrogen-bond donors (Lipinski definition) is 3. The number of rotatable bonds is 3. The van der Waals surface area contributed by atoms with Crippen LogP contribution in [-0.2, 0) is 9.53 Å². The first-order valence-corrected chi connectivity index (χ1v) is 7.16. The lowest BCUT2D eigenvalue weighted by Crippen LogP contribution is -2.73. The number of esters is 1. The van der Waals surface area contributed by atoms with Gasteiger partial charge >= 0.3 is 18.2 Å². The Morgan fingerprint density at radius 1 is 1.55 bits per heavy atom. The van der Waals surface area contributed by atoms with Crippen molar-refractivity contribution in [3.05, 3.63) is 22.4 Å². The van der Waals surface area contributed by atoms with E-state index in [1.54, 1.807) is 11.4 Å². The SMILES string of the molecule is CCOC(=O)[C@@H]1[C@H](c2cccs2)NC(=O)N[C@@]1(O)C(F)(F)F. The minimum atomic E-state index is -5.25. The summed E-state index contributed by atoms with van der Waals surface area (Å²) in [6.07, 6.45) is -5.25. The van der Waals surface area contributed by atoms with Gasteiger partial charge in [0, 0.05) is 4.88 Å². The van der Waals surface area contributed by atoms with Crippen molar-refractivity contribution < 1.29 is 32.6 Å². The summed E-state index contributed by atoms with van der Waals surface area (Å²) in [6.45, 7) is 1.27. The zero-order valence-corrected chi connectivity index (χ0v) is 12.1. The van der Waals surface area contributed by atoms with Gasteiger partial charge in [0.2, 0.25) is 0 Å². The highest BCUT2D eigenvalue weighted by Crippen LogP contribution is 2.43. The number of halogens is 3. The van der Waals surface area contributed by atoms with Crippen molar-refractivity contribution in [3.63, 3.8) is 0 Å². The summed E-state index contributed by atoms with van der Waals surface area (Å²) >= 11 is 1.05. The number of alkyl halides is 3. The van der Waals surface area contributed by atoms with Crippen molar-refractivity contribution in [2.45, 2.75) is 24.9 Å². The maximum absolute atomic E-state index is 13.3. The molecule has 0 spiro atoms. The summed E-state index contributed by atoms with van der Waals surface area (Å²) in [5, 5.41) is 15.2. The van der Waals surface area contributed by atoms with Gasteiger partial charge in [0.15, 0.2) is 0 Å². The van der Waals surface area contributed by atoms with Gasteiger partial charge in [0.1, 0.15) is 5.92 Å². The molecule has 1 aromatic heterocycles. The smallest absolute Gasteiger partial charge is 0.437 e. The average Bonchev–Trinajstić information content (AvgIpc) is 2.90. The maximum Gasteiger partial charge on any atom is 0.437 e. The molecule has 2 amide bonds. The van der Waals surface area contributed by atoms with Crippen LogP contribution in [0.2, 0.25) is 0 Å². The molecule has 1 aromatic rings. The molecule has 1 saturated heterocycles. The number of aliphatic hydroxyl groups is 1. The summed E-state index contributed by atoms with van der Waals surface area (Å²) < 4.78 is 44.5. The van der Waals surface area contributed by atoms with Gasteiger partial charge < -0.3 is 20.5 Å². The number of amides is 2. The minimum Gasteiger partial charge on any atom is -0.466 e. The molecule has 10 heteroatoms. The van der Waals surface area contributed by atoms with Gasteiger partial charge in [-0.1, -0.05) is 6.07 Å². The summed E-state index contributed by atoms with van der Waals surface area (Å²) in [5.74, 6) is -3.32. The Kier molecular flexibility index (Phi) is 4.34. The predicted octanol–water partition coefficient (Wildman–Crippen LogP) is 1.53. The van der Waals surface area contributed by atoms with E-state index in [1.807, 2.05) is 0 Å². The molecule has 1 fully saturated rings. The molecular formula is C12H13F3N2O4S. The van der Waals surface area contributed by atoms with E-state index in [0.717, 1.165) is 11.3 Å². The van der Waals surface area contributed by atoms with E-state index < -0.39 is 35.9 Å². The van der Waals surface area contributed by atoms with Crippen LogP contribution in [0.15, 0.2) is 17.5 Å². The standard InChI is InChI=1S/C12H13F3N2O4S/c1-2-21-9(18)7-8(6-4-3-5-22-6)16-10(19)17-11(7,20)12(13,14)15/h3-5,7-8,20H,2H2,1H3,(H2,16,17,19)/t7-,8-,11-/m0/s1. The van der Waals surface area contributed by atoms with Crippen LogP contribution in [0.4, 0.5) is 18.0 Å². The fourth-order valence-corrected chi connectivity index (χ4v) is 3.06. The maximum atomic E-state index is 13.3. The van der Waals surface area contributed by atoms with Gasteiger partial charge in [0.05, 0.1) is 12.6 Å². The van der Waals surface area contributed by atoms with Crippen LogP contribution in [0.25, 0.3) is 0 Å². The van der Waals surface area contributed by atoms with E-state index in [2.05, 4.69) is 10.1 Å². The second-order valence-corrected chi connectivity index (χ2v) is 5.56. The quantitative estimate of drug-likeness (QED) is 0.730. The van der Waals surface area contributed by atoms with Crippen molar-refractivity contribution >= 4 is 23.3 Å². The van der Waals surface area contributed by atoms with Crippen molar-refractivity contribution in [1.29, 1.82) is 0 Å². The van der Waals surface area contributed by atoms with Crippen LogP contribution in [-0.4, -0.2) is 35.6 Å². The van der Waals surface area contributed by atoms with E-state index in [1.165, 1.54) is 18.3 Å². The normalized spacial score (nSPS) is 28.7. The lowest BCUT2D eigenvalue weighted by atomic mass is 9.84. The molecule has 6 nitrogen and oxygen atoms in total. The molecule has 1 aliphatic heterocycles. The second kappa shape index (κ2) is 5.76. The Morgan fingerprint density at radius 2 is 2.23 bits per heavy atom. The molecule has 22 heavy (non-hydrogen) atoms. The average molecular weight is 338 g/mol. The van der Waals surface area contributed by atoms with Gasteiger partial charge in [-0.15, -0.1) is 11.3 Å². The lowest BCUT2D eigenvalue weighted by Gasteiger charge is -2.43. The third kappa shape index (κ3) is 2.75. The van der Waals surface area contributed by atoms with Crippen LogP contribution in [0, 0.1) is 5.92 Å². The predicted molar refractivity (Wildman–Crippen MR) is 69.9 cm³/mol. The van der Waals surface area contributed by atoms with Gasteiger partial charge in [-0.3, -0.25) is 4.79 Å². The first kappa shape index (κ1) is 16.6. The van der Waals surface area contributed by atoms with E-state index in [9.17, 15) is 27.9 Å². The highest BCUT2D eigenvalue weighted by atomic mass is 32.1. The molecule has 2 heterocycles. The van der Waals surface area contributed by atoms with Crippen molar-refractivity contribution in [1.82, 2.24) is 10.6 Å². The third-order valence-electron chi connectivity index (χ3n) is 3.20. The molecule has 2 rings (SSSR count). The van der Waals surface area contributed by atoms with E-state index in [-0.39, 0.29) is 6.61 Å². The Bertz CT molecular complexity index is 563. The molecule has 3 N–H and O–H groups in total.